The number of benzene rings is 1. The van der Waals surface area contributed by atoms with Gasteiger partial charge in [0.05, 0.1) is 17.6 Å². The van der Waals surface area contributed by atoms with Crippen molar-refractivity contribution in [1.82, 2.24) is 19.4 Å². The number of rotatable bonds is 2. The molecule has 20 heavy (non-hydrogen) atoms. The average Bonchev–Trinajstić information content (AvgIpc) is 3.12. The van der Waals surface area contributed by atoms with Crippen LogP contribution in [0.3, 0.4) is 0 Å². The molecule has 4 rings (SSSR count). The number of aromatic amines is 1. The van der Waals surface area contributed by atoms with Gasteiger partial charge < -0.3 is 10.7 Å². The summed E-state index contributed by atoms with van der Waals surface area (Å²) in [6.07, 6.45) is 7.48. The van der Waals surface area contributed by atoms with Gasteiger partial charge in [-0.25, -0.2) is 4.98 Å². The topological polar surface area (TPSA) is 72.0 Å². The number of nitrogens with two attached hydrogens (primary N) is 1. The lowest BCUT2D eigenvalue weighted by Gasteiger charge is -2.04. The number of nitrogens with zero attached hydrogens (tertiary/aromatic N) is 3. The van der Waals surface area contributed by atoms with Crippen LogP contribution in [0.2, 0.25) is 0 Å². The normalized spacial score (nSPS) is 11.4. The minimum atomic E-state index is 0.387. The Kier molecular flexibility index (Phi) is 2.34. The Labute approximate surface area is 115 Å². The van der Waals surface area contributed by atoms with E-state index in [0.29, 0.717) is 6.54 Å². The van der Waals surface area contributed by atoms with Gasteiger partial charge in [0.25, 0.3) is 0 Å². The second kappa shape index (κ2) is 4.18. The Hall–Kier alpha value is -2.66. The molecular weight excluding hydrogens is 250 g/mol. The third kappa shape index (κ3) is 1.53. The summed E-state index contributed by atoms with van der Waals surface area (Å²) in [5.74, 6) is 0. The molecule has 3 aromatic heterocycles. The average molecular weight is 263 g/mol. The maximum absolute atomic E-state index is 5.70. The summed E-state index contributed by atoms with van der Waals surface area (Å²) < 4.78 is 2.03. The van der Waals surface area contributed by atoms with Crippen LogP contribution in [0.15, 0.2) is 49.1 Å². The molecule has 0 radical (unpaired) electrons. The van der Waals surface area contributed by atoms with Gasteiger partial charge in [-0.2, -0.15) is 0 Å². The number of fused-ring (bicyclic) bond motifs is 2. The third-order valence-corrected chi connectivity index (χ3v) is 3.54. The van der Waals surface area contributed by atoms with Crippen LogP contribution in [0.25, 0.3) is 27.8 Å². The molecule has 0 unspecified atom stereocenters. The quantitative estimate of drug-likeness (QED) is 0.583. The van der Waals surface area contributed by atoms with Gasteiger partial charge >= 0.3 is 0 Å². The van der Waals surface area contributed by atoms with Crippen molar-refractivity contribution in [3.05, 3.63) is 54.7 Å². The van der Waals surface area contributed by atoms with Crippen LogP contribution >= 0.6 is 0 Å². The highest BCUT2D eigenvalue weighted by atomic mass is 15.0. The molecule has 5 heteroatoms. The van der Waals surface area contributed by atoms with Crippen LogP contribution in [-0.4, -0.2) is 19.4 Å². The molecule has 1 aromatic carbocycles. The molecule has 0 bridgehead atoms. The molecule has 3 heterocycles. The van der Waals surface area contributed by atoms with Crippen LogP contribution in [-0.2, 0) is 6.54 Å². The first kappa shape index (κ1) is 11.2. The molecule has 0 aliphatic heterocycles. The van der Waals surface area contributed by atoms with Gasteiger partial charge in [0.2, 0.25) is 0 Å². The van der Waals surface area contributed by atoms with E-state index in [2.05, 4.69) is 39.2 Å². The van der Waals surface area contributed by atoms with Crippen molar-refractivity contribution in [3.8, 4) is 11.3 Å². The minimum absolute atomic E-state index is 0.387. The van der Waals surface area contributed by atoms with E-state index in [1.807, 2.05) is 23.0 Å². The Balaban J connectivity index is 1.97. The molecule has 0 spiro atoms. The van der Waals surface area contributed by atoms with E-state index >= 15 is 0 Å². The second-order valence-electron chi connectivity index (χ2n) is 4.69. The van der Waals surface area contributed by atoms with E-state index in [0.717, 1.165) is 28.1 Å². The predicted octanol–water partition coefficient (Wildman–Crippen LogP) is 2.34. The first-order chi connectivity index (χ1) is 9.86. The molecule has 5 nitrogen and oxygen atoms in total. The summed E-state index contributed by atoms with van der Waals surface area (Å²) in [6, 6.07) is 8.38. The fourth-order valence-corrected chi connectivity index (χ4v) is 2.54. The molecule has 0 saturated heterocycles. The van der Waals surface area contributed by atoms with Crippen molar-refractivity contribution in [2.75, 3.05) is 0 Å². The van der Waals surface area contributed by atoms with Crippen molar-refractivity contribution < 1.29 is 0 Å². The first-order valence-electron chi connectivity index (χ1n) is 6.45. The van der Waals surface area contributed by atoms with Crippen molar-refractivity contribution in [2.45, 2.75) is 6.54 Å². The summed E-state index contributed by atoms with van der Waals surface area (Å²) in [6.45, 7) is 0.387. The van der Waals surface area contributed by atoms with E-state index in [9.17, 15) is 0 Å². The number of imidazole rings is 1. The molecule has 0 aliphatic carbocycles. The number of hydrogen-bond donors (Lipinski definition) is 2. The lowest BCUT2D eigenvalue weighted by molar-refractivity contribution is 0.963. The van der Waals surface area contributed by atoms with Crippen molar-refractivity contribution in [2.24, 2.45) is 5.73 Å². The van der Waals surface area contributed by atoms with E-state index in [1.54, 1.807) is 6.20 Å². The lowest BCUT2D eigenvalue weighted by Crippen LogP contribution is -2.03. The van der Waals surface area contributed by atoms with Gasteiger partial charge in [-0.15, -0.1) is 0 Å². The van der Waals surface area contributed by atoms with Crippen LogP contribution in [0, 0.1) is 0 Å². The Morgan fingerprint density at radius 2 is 2.15 bits per heavy atom. The number of H-pyrrole nitrogens is 1. The van der Waals surface area contributed by atoms with Gasteiger partial charge in [-0.1, -0.05) is 6.07 Å². The molecule has 0 aliphatic rings. The first-order valence-corrected chi connectivity index (χ1v) is 6.45. The highest BCUT2D eigenvalue weighted by Gasteiger charge is 2.09. The smallest absolute Gasteiger partial charge is 0.160 e. The Morgan fingerprint density at radius 3 is 3.05 bits per heavy atom. The molecule has 0 saturated carbocycles. The summed E-state index contributed by atoms with van der Waals surface area (Å²) in [4.78, 5) is 11.9. The zero-order chi connectivity index (χ0) is 13.5. The SMILES string of the molecule is NCc1nccn2c(-c3ccc4[nH]ccc4c3)cnc12. The predicted molar refractivity (Wildman–Crippen MR) is 78.2 cm³/mol. The summed E-state index contributed by atoms with van der Waals surface area (Å²) in [5, 5.41) is 1.19. The van der Waals surface area contributed by atoms with Crippen LogP contribution in [0.4, 0.5) is 0 Å². The second-order valence-corrected chi connectivity index (χ2v) is 4.69. The molecule has 4 aromatic rings. The molecule has 0 fully saturated rings. The van der Waals surface area contributed by atoms with E-state index in [-0.39, 0.29) is 0 Å². The zero-order valence-electron chi connectivity index (χ0n) is 10.7. The van der Waals surface area contributed by atoms with Gasteiger partial charge in [0, 0.05) is 41.6 Å². The van der Waals surface area contributed by atoms with Crippen molar-refractivity contribution >= 4 is 16.6 Å². The molecule has 0 amide bonds. The summed E-state index contributed by atoms with van der Waals surface area (Å²) in [7, 11) is 0. The fourth-order valence-electron chi connectivity index (χ4n) is 2.54. The van der Waals surface area contributed by atoms with E-state index in [4.69, 9.17) is 5.73 Å². The molecule has 3 N–H and O–H groups in total. The van der Waals surface area contributed by atoms with Crippen LogP contribution in [0.1, 0.15) is 5.69 Å². The molecule has 98 valence electrons. The van der Waals surface area contributed by atoms with Gasteiger partial charge in [0.15, 0.2) is 5.65 Å². The highest BCUT2D eigenvalue weighted by Crippen LogP contribution is 2.25. The monoisotopic (exact) mass is 263 g/mol. The summed E-state index contributed by atoms with van der Waals surface area (Å²) >= 11 is 0. The van der Waals surface area contributed by atoms with Gasteiger partial charge in [-0.05, 0) is 18.2 Å². The van der Waals surface area contributed by atoms with Crippen molar-refractivity contribution in [1.29, 1.82) is 0 Å². The molecular formula is C15H13N5. The lowest BCUT2D eigenvalue weighted by atomic mass is 10.1. The summed E-state index contributed by atoms with van der Waals surface area (Å²) in [5.41, 5.74) is 10.6. The zero-order valence-corrected chi connectivity index (χ0v) is 10.7. The van der Waals surface area contributed by atoms with Gasteiger partial charge in [0.1, 0.15) is 0 Å². The van der Waals surface area contributed by atoms with E-state index in [1.165, 1.54) is 5.39 Å². The number of aromatic nitrogens is 4. The Bertz CT molecular complexity index is 903. The largest absolute Gasteiger partial charge is 0.361 e. The molecule has 0 atom stereocenters. The maximum Gasteiger partial charge on any atom is 0.160 e. The van der Waals surface area contributed by atoms with Crippen LogP contribution in [0.5, 0.6) is 0 Å². The van der Waals surface area contributed by atoms with E-state index < -0.39 is 0 Å². The third-order valence-electron chi connectivity index (χ3n) is 3.54. The fraction of sp³-hybridized carbons (Fsp3) is 0.0667. The van der Waals surface area contributed by atoms with Crippen LogP contribution < -0.4 is 5.73 Å². The van der Waals surface area contributed by atoms with Crippen molar-refractivity contribution in [3.63, 3.8) is 0 Å². The Morgan fingerprint density at radius 1 is 1.20 bits per heavy atom. The number of nitrogens with one attached hydrogen (secondary N) is 1. The minimum Gasteiger partial charge on any atom is -0.361 e. The van der Waals surface area contributed by atoms with Gasteiger partial charge in [-0.3, -0.25) is 9.38 Å². The standard InChI is InChI=1S/C15H13N5/c16-8-13-15-19-9-14(20(15)6-5-18-13)11-1-2-12-10(7-11)3-4-17-12/h1-7,9,17H,8,16H2. The number of hydrogen-bond acceptors (Lipinski definition) is 3. The maximum atomic E-state index is 5.70. The highest BCUT2D eigenvalue weighted by molar-refractivity contribution is 5.84.